The maximum Gasteiger partial charge on any atom is 0.197 e. The molecule has 0 aromatic carbocycles. The van der Waals surface area contributed by atoms with Gasteiger partial charge in [0, 0.05) is 41.5 Å². The first-order valence-electron chi connectivity index (χ1n) is 15.6. The molecule has 0 aliphatic heterocycles. The van der Waals surface area contributed by atoms with Crippen LogP contribution < -0.4 is 0 Å². The number of hydrogen-bond donors (Lipinski definition) is 4. The van der Waals surface area contributed by atoms with Crippen molar-refractivity contribution >= 4 is 8.32 Å². The van der Waals surface area contributed by atoms with Crippen molar-refractivity contribution in [2.45, 2.75) is 172 Å². The van der Waals surface area contributed by atoms with Gasteiger partial charge in [0.15, 0.2) is 8.32 Å². The number of aliphatic hydroxyl groups excluding tert-OH is 3. The Morgan fingerprint density at radius 1 is 0.472 bits per heavy atom. The Bertz CT molecular complexity index is 357. The van der Waals surface area contributed by atoms with Crippen LogP contribution >= 0.6 is 0 Å². The van der Waals surface area contributed by atoms with E-state index in [1.807, 2.05) is 0 Å². The van der Waals surface area contributed by atoms with E-state index >= 15 is 0 Å². The van der Waals surface area contributed by atoms with E-state index in [4.69, 9.17) is 15.3 Å². The smallest absolute Gasteiger partial charge is 0.197 e. The van der Waals surface area contributed by atoms with Gasteiger partial charge in [0.25, 0.3) is 0 Å². The number of aliphatic hydroxyl groups is 3. The molecule has 0 atom stereocenters. The standard InChI is InChI=1S/C18H34OSi.3C4H10O.Ti/c19-20(16-10-4-1-5-11-16,17-12-6-2-7-13-17)18-14-8-3-9-15-18;3*1-2-3-4-5;/h16-19H,1-15H2;3*5H,2-4H2,1H3;. The van der Waals surface area contributed by atoms with Gasteiger partial charge in [0.05, 0.1) is 0 Å². The van der Waals surface area contributed by atoms with E-state index in [-0.39, 0.29) is 21.7 Å². The monoisotopic (exact) mass is 564 g/mol. The van der Waals surface area contributed by atoms with Crippen LogP contribution in [-0.2, 0) is 21.7 Å². The molecule has 36 heavy (non-hydrogen) atoms. The maximum atomic E-state index is 12.0. The van der Waals surface area contributed by atoms with Crippen molar-refractivity contribution in [3.05, 3.63) is 0 Å². The van der Waals surface area contributed by atoms with Crippen molar-refractivity contribution in [3.8, 4) is 0 Å². The van der Waals surface area contributed by atoms with E-state index in [0.29, 0.717) is 19.8 Å². The van der Waals surface area contributed by atoms with Crippen LogP contribution in [0, 0.1) is 0 Å². The summed E-state index contributed by atoms with van der Waals surface area (Å²) in [7, 11) is -2.05. The van der Waals surface area contributed by atoms with E-state index in [2.05, 4.69) is 20.8 Å². The second kappa shape index (κ2) is 27.3. The van der Waals surface area contributed by atoms with Gasteiger partial charge in [-0.2, -0.15) is 0 Å². The zero-order valence-corrected chi connectivity index (χ0v) is 27.1. The first kappa shape index (κ1) is 38.9. The van der Waals surface area contributed by atoms with Crippen molar-refractivity contribution in [2.24, 2.45) is 0 Å². The Balaban J connectivity index is 0. The SMILES string of the molecule is CCCCO.CCCCO.CCCCO.O[Si](C1CCCCC1)(C1CCCCC1)C1CCCCC1.[Ti]. The van der Waals surface area contributed by atoms with Crippen molar-refractivity contribution in [1.82, 2.24) is 0 Å². The molecule has 3 rings (SSSR count). The summed E-state index contributed by atoms with van der Waals surface area (Å²) in [4.78, 5) is 12.0. The molecule has 0 bridgehead atoms. The summed E-state index contributed by atoms with van der Waals surface area (Å²) < 4.78 is 0. The van der Waals surface area contributed by atoms with Gasteiger partial charge < -0.3 is 20.1 Å². The molecule has 4 N–H and O–H groups in total. The summed E-state index contributed by atoms with van der Waals surface area (Å²) in [6, 6.07) is 0. The van der Waals surface area contributed by atoms with E-state index in [1.165, 1.54) is 96.3 Å². The largest absolute Gasteiger partial charge is 0.431 e. The molecule has 3 fully saturated rings. The van der Waals surface area contributed by atoms with E-state index in [9.17, 15) is 4.80 Å². The summed E-state index contributed by atoms with van der Waals surface area (Å²) in [5.41, 5.74) is 2.30. The molecule has 3 aliphatic carbocycles. The first-order valence-corrected chi connectivity index (χ1v) is 17.8. The normalized spacial score (nSPS) is 19.4. The molecule has 3 saturated carbocycles. The van der Waals surface area contributed by atoms with Crippen LogP contribution in [0.25, 0.3) is 0 Å². The zero-order chi connectivity index (χ0) is 26.2. The molecular formula is C30H64O4SiTi. The average Bonchev–Trinajstić information content (AvgIpc) is 2.92. The first-order chi connectivity index (χ1) is 17.1. The quantitative estimate of drug-likeness (QED) is 0.213. The van der Waals surface area contributed by atoms with Gasteiger partial charge >= 0.3 is 0 Å². The molecule has 0 aromatic rings. The van der Waals surface area contributed by atoms with Gasteiger partial charge in [-0.1, -0.05) is 136 Å². The predicted molar refractivity (Wildman–Crippen MR) is 154 cm³/mol. The van der Waals surface area contributed by atoms with Gasteiger partial charge in [-0.3, -0.25) is 0 Å². The van der Waals surface area contributed by atoms with Crippen LogP contribution in [0.5, 0.6) is 0 Å². The van der Waals surface area contributed by atoms with E-state index < -0.39 is 8.32 Å². The van der Waals surface area contributed by atoms with E-state index in [0.717, 1.165) is 55.1 Å². The Morgan fingerprint density at radius 3 is 0.833 bits per heavy atom. The van der Waals surface area contributed by atoms with Crippen LogP contribution in [0.2, 0.25) is 16.6 Å². The Morgan fingerprint density at radius 2 is 0.694 bits per heavy atom. The minimum absolute atomic E-state index is 0. The fourth-order valence-electron chi connectivity index (χ4n) is 6.17. The molecule has 0 saturated heterocycles. The van der Waals surface area contributed by atoms with Gasteiger partial charge in [0.2, 0.25) is 0 Å². The topological polar surface area (TPSA) is 80.9 Å². The number of rotatable bonds is 9. The van der Waals surface area contributed by atoms with Crippen LogP contribution in [0.15, 0.2) is 0 Å². The van der Waals surface area contributed by atoms with Crippen LogP contribution in [-0.4, -0.2) is 48.3 Å². The summed E-state index contributed by atoms with van der Waals surface area (Å²) in [5.74, 6) is 0. The van der Waals surface area contributed by atoms with Crippen molar-refractivity contribution < 1.29 is 41.8 Å². The summed E-state index contributed by atoms with van der Waals surface area (Å²) in [6.45, 7) is 7.19. The van der Waals surface area contributed by atoms with Gasteiger partial charge in [0.1, 0.15) is 0 Å². The van der Waals surface area contributed by atoms with Crippen molar-refractivity contribution in [2.75, 3.05) is 19.8 Å². The fraction of sp³-hybridized carbons (Fsp3) is 1.00. The van der Waals surface area contributed by atoms with Crippen molar-refractivity contribution in [3.63, 3.8) is 0 Å². The van der Waals surface area contributed by atoms with Gasteiger partial charge in [-0.25, -0.2) is 0 Å². The molecule has 0 unspecified atom stereocenters. The molecule has 216 valence electrons. The van der Waals surface area contributed by atoms with Crippen LogP contribution in [0.1, 0.15) is 156 Å². The molecule has 3 aliphatic rings. The number of hydrogen-bond acceptors (Lipinski definition) is 4. The third kappa shape index (κ3) is 16.7. The van der Waals surface area contributed by atoms with Crippen molar-refractivity contribution in [1.29, 1.82) is 0 Å². The van der Waals surface area contributed by atoms with Crippen LogP contribution in [0.3, 0.4) is 0 Å². The van der Waals surface area contributed by atoms with Gasteiger partial charge in [-0.05, 0) is 35.9 Å². The second-order valence-corrected chi connectivity index (χ2v) is 15.3. The third-order valence-electron chi connectivity index (χ3n) is 8.31. The third-order valence-corrected chi connectivity index (χ3v) is 14.0. The molecule has 6 heteroatoms. The Kier molecular flexibility index (Phi) is 29.6. The molecule has 4 nitrogen and oxygen atoms in total. The molecule has 0 radical (unpaired) electrons. The average molecular weight is 565 g/mol. The van der Waals surface area contributed by atoms with Gasteiger partial charge in [-0.15, -0.1) is 0 Å². The molecular weight excluding hydrogens is 500 g/mol. The summed E-state index contributed by atoms with van der Waals surface area (Å²) in [6.07, 6.45) is 27.0. The fourth-order valence-corrected chi connectivity index (χ4v) is 12.2. The van der Waals surface area contributed by atoms with Crippen LogP contribution in [0.4, 0.5) is 0 Å². The molecule has 0 amide bonds. The second-order valence-electron chi connectivity index (χ2n) is 11.1. The zero-order valence-electron chi connectivity index (χ0n) is 24.5. The Labute approximate surface area is 241 Å². The molecule has 0 spiro atoms. The maximum absolute atomic E-state index is 12.0. The molecule has 0 heterocycles. The number of unbranched alkanes of at least 4 members (excludes halogenated alkanes) is 3. The predicted octanol–water partition coefficient (Wildman–Crippen LogP) is 8.26. The minimum Gasteiger partial charge on any atom is -0.431 e. The Hall–Kier alpha value is 0.771. The molecule has 0 aromatic heterocycles. The summed E-state index contributed by atoms with van der Waals surface area (Å²) >= 11 is 0. The van der Waals surface area contributed by atoms with E-state index in [1.54, 1.807) is 0 Å². The minimum atomic E-state index is -2.05. The summed E-state index contributed by atoms with van der Waals surface area (Å²) in [5, 5.41) is 24.2.